The molecule has 0 radical (unpaired) electrons. The summed E-state index contributed by atoms with van der Waals surface area (Å²) in [6, 6.07) is 10.7. The number of H-pyrrole nitrogens is 1. The van der Waals surface area contributed by atoms with Crippen LogP contribution in [0.1, 0.15) is 69.2 Å². The van der Waals surface area contributed by atoms with Gasteiger partial charge in [0.15, 0.2) is 11.6 Å². The molecule has 3 aromatic heterocycles. The fraction of sp³-hybridized carbons (Fsp3) is 0.435. The van der Waals surface area contributed by atoms with Crippen LogP contribution in [0.25, 0.3) is 17.2 Å². The van der Waals surface area contributed by atoms with E-state index in [2.05, 4.69) is 94.1 Å². The SMILES string of the molecule is CCCc1nc(CCC)n(Cc2ccc(-n3ccc(C(C)C)c3-c3nnn[nH]3)cc2)n1. The molecule has 0 unspecified atom stereocenters. The number of tetrazole rings is 1. The minimum atomic E-state index is 0.363. The normalized spacial score (nSPS) is 11.5. The predicted molar refractivity (Wildman–Crippen MR) is 120 cm³/mol. The summed E-state index contributed by atoms with van der Waals surface area (Å²) in [6.45, 7) is 9.42. The van der Waals surface area contributed by atoms with Crippen LogP contribution in [0.15, 0.2) is 36.5 Å². The lowest BCUT2D eigenvalue weighted by atomic mass is 10.0. The van der Waals surface area contributed by atoms with Crippen molar-refractivity contribution in [3.05, 3.63) is 59.3 Å². The molecule has 3 heterocycles. The monoisotopic (exact) mass is 418 g/mol. The van der Waals surface area contributed by atoms with Gasteiger partial charge in [0, 0.05) is 24.7 Å². The predicted octanol–water partition coefficient (Wildman–Crippen LogP) is 4.33. The summed E-state index contributed by atoms with van der Waals surface area (Å²) in [5.41, 5.74) is 4.48. The molecule has 0 saturated carbocycles. The average molecular weight is 419 g/mol. The summed E-state index contributed by atoms with van der Waals surface area (Å²) in [5.74, 6) is 3.05. The van der Waals surface area contributed by atoms with Gasteiger partial charge in [-0.1, -0.05) is 39.8 Å². The van der Waals surface area contributed by atoms with Crippen LogP contribution in [-0.2, 0) is 19.4 Å². The Morgan fingerprint density at radius 2 is 1.77 bits per heavy atom. The average Bonchev–Trinajstić information content (AvgIpc) is 3.49. The van der Waals surface area contributed by atoms with Gasteiger partial charge in [-0.25, -0.2) is 14.8 Å². The summed E-state index contributed by atoms with van der Waals surface area (Å²) in [6.07, 6.45) is 6.07. The van der Waals surface area contributed by atoms with E-state index >= 15 is 0 Å². The van der Waals surface area contributed by atoms with Crippen molar-refractivity contribution in [3.8, 4) is 17.2 Å². The van der Waals surface area contributed by atoms with Gasteiger partial charge >= 0.3 is 0 Å². The molecule has 4 aromatic rings. The van der Waals surface area contributed by atoms with Crippen LogP contribution in [-0.4, -0.2) is 40.0 Å². The molecule has 0 amide bonds. The zero-order valence-corrected chi connectivity index (χ0v) is 18.7. The third-order valence-electron chi connectivity index (χ3n) is 5.40. The van der Waals surface area contributed by atoms with Crippen LogP contribution >= 0.6 is 0 Å². The standard InChI is InChI=1S/C23H30N8/c1-5-7-20-24-21(8-6-2)31(27-20)15-17-9-11-18(12-10-17)30-14-13-19(16(3)4)22(30)23-25-28-29-26-23/h9-14,16H,5-8,15H2,1-4H3,(H,25,26,28,29). The maximum absolute atomic E-state index is 4.74. The number of hydrogen-bond acceptors (Lipinski definition) is 5. The zero-order chi connectivity index (χ0) is 21.8. The quantitative estimate of drug-likeness (QED) is 0.437. The lowest BCUT2D eigenvalue weighted by Crippen LogP contribution is -2.07. The van der Waals surface area contributed by atoms with Crippen LogP contribution in [0.5, 0.6) is 0 Å². The van der Waals surface area contributed by atoms with Gasteiger partial charge in [-0.15, -0.1) is 5.10 Å². The molecule has 31 heavy (non-hydrogen) atoms. The Morgan fingerprint density at radius 3 is 2.42 bits per heavy atom. The molecule has 162 valence electrons. The van der Waals surface area contributed by atoms with Crippen molar-refractivity contribution in [2.24, 2.45) is 0 Å². The highest BCUT2D eigenvalue weighted by Gasteiger charge is 2.18. The molecule has 0 saturated heterocycles. The molecule has 1 aromatic carbocycles. The van der Waals surface area contributed by atoms with E-state index in [1.807, 2.05) is 0 Å². The Morgan fingerprint density at radius 1 is 1.00 bits per heavy atom. The molecule has 1 N–H and O–H groups in total. The van der Waals surface area contributed by atoms with Gasteiger partial charge in [-0.3, -0.25) is 0 Å². The molecule has 0 aliphatic heterocycles. The van der Waals surface area contributed by atoms with Gasteiger partial charge < -0.3 is 4.57 Å². The third kappa shape index (κ3) is 4.42. The molecule has 4 rings (SSSR count). The lowest BCUT2D eigenvalue weighted by Gasteiger charge is -2.12. The van der Waals surface area contributed by atoms with Crippen molar-refractivity contribution in [2.45, 2.75) is 65.8 Å². The molecule has 0 spiro atoms. The van der Waals surface area contributed by atoms with Crippen LogP contribution in [0.4, 0.5) is 0 Å². The highest BCUT2D eigenvalue weighted by atomic mass is 15.5. The van der Waals surface area contributed by atoms with Crippen LogP contribution < -0.4 is 0 Å². The number of aromatic amines is 1. The summed E-state index contributed by atoms with van der Waals surface area (Å²) in [7, 11) is 0. The summed E-state index contributed by atoms with van der Waals surface area (Å²) >= 11 is 0. The Labute approximate surface area is 182 Å². The first-order chi connectivity index (χ1) is 15.1. The van der Waals surface area contributed by atoms with E-state index in [0.29, 0.717) is 11.7 Å². The maximum Gasteiger partial charge on any atom is 0.196 e. The first-order valence-corrected chi connectivity index (χ1v) is 11.1. The van der Waals surface area contributed by atoms with E-state index in [1.165, 1.54) is 11.1 Å². The Hall–Kier alpha value is -3.29. The highest BCUT2D eigenvalue weighted by Crippen LogP contribution is 2.30. The largest absolute Gasteiger partial charge is 0.314 e. The van der Waals surface area contributed by atoms with Crippen LogP contribution in [0, 0.1) is 0 Å². The first-order valence-electron chi connectivity index (χ1n) is 11.1. The topological polar surface area (TPSA) is 90.1 Å². The van der Waals surface area contributed by atoms with Crippen molar-refractivity contribution in [2.75, 3.05) is 0 Å². The van der Waals surface area contributed by atoms with Gasteiger partial charge in [0.05, 0.1) is 12.2 Å². The van der Waals surface area contributed by atoms with Gasteiger partial charge in [-0.2, -0.15) is 5.10 Å². The minimum Gasteiger partial charge on any atom is -0.314 e. The zero-order valence-electron chi connectivity index (χ0n) is 18.7. The van der Waals surface area contributed by atoms with E-state index in [0.717, 1.165) is 55.3 Å². The molecular weight excluding hydrogens is 388 g/mol. The Bertz CT molecular complexity index is 1100. The molecule has 0 bridgehead atoms. The molecular formula is C23H30N8. The van der Waals surface area contributed by atoms with Crippen molar-refractivity contribution < 1.29 is 0 Å². The second-order valence-corrected chi connectivity index (χ2v) is 8.16. The molecule has 0 atom stereocenters. The Balaban J connectivity index is 1.62. The second-order valence-electron chi connectivity index (χ2n) is 8.16. The smallest absolute Gasteiger partial charge is 0.196 e. The molecule has 8 heteroatoms. The number of hydrogen-bond donors (Lipinski definition) is 1. The minimum absolute atomic E-state index is 0.363. The van der Waals surface area contributed by atoms with E-state index in [1.54, 1.807) is 0 Å². The highest BCUT2D eigenvalue weighted by molar-refractivity contribution is 5.61. The van der Waals surface area contributed by atoms with Gasteiger partial charge in [0.25, 0.3) is 0 Å². The van der Waals surface area contributed by atoms with Gasteiger partial charge in [0.1, 0.15) is 5.82 Å². The number of nitrogens with one attached hydrogen (secondary N) is 1. The number of aromatic nitrogens is 8. The number of benzene rings is 1. The fourth-order valence-electron chi connectivity index (χ4n) is 3.86. The number of rotatable bonds is 9. The van der Waals surface area contributed by atoms with E-state index in [9.17, 15) is 0 Å². The number of nitrogens with zero attached hydrogens (tertiary/aromatic N) is 7. The van der Waals surface area contributed by atoms with Crippen molar-refractivity contribution in [3.63, 3.8) is 0 Å². The van der Waals surface area contributed by atoms with Gasteiger partial charge in [0.2, 0.25) is 0 Å². The molecule has 0 aliphatic carbocycles. The fourth-order valence-corrected chi connectivity index (χ4v) is 3.86. The summed E-state index contributed by atoms with van der Waals surface area (Å²) in [5, 5.41) is 19.3. The van der Waals surface area contributed by atoms with Crippen LogP contribution in [0.3, 0.4) is 0 Å². The Kier molecular flexibility index (Phi) is 6.25. The van der Waals surface area contributed by atoms with E-state index < -0.39 is 0 Å². The molecule has 0 aliphatic rings. The van der Waals surface area contributed by atoms with Crippen molar-refractivity contribution in [1.29, 1.82) is 0 Å². The maximum atomic E-state index is 4.74. The van der Waals surface area contributed by atoms with E-state index in [-0.39, 0.29) is 0 Å². The second kappa shape index (κ2) is 9.24. The van der Waals surface area contributed by atoms with E-state index in [4.69, 9.17) is 10.1 Å². The summed E-state index contributed by atoms with van der Waals surface area (Å²) < 4.78 is 4.19. The van der Waals surface area contributed by atoms with Crippen LogP contribution in [0.2, 0.25) is 0 Å². The van der Waals surface area contributed by atoms with Crippen molar-refractivity contribution >= 4 is 0 Å². The molecule has 8 nitrogen and oxygen atoms in total. The molecule has 0 fully saturated rings. The third-order valence-corrected chi connectivity index (χ3v) is 5.40. The number of aryl methyl sites for hydroxylation is 2. The van der Waals surface area contributed by atoms with Crippen molar-refractivity contribution in [1.82, 2.24) is 40.0 Å². The first kappa shape index (κ1) is 21.0. The van der Waals surface area contributed by atoms with Gasteiger partial charge in [-0.05, 0) is 58.5 Å². The lowest BCUT2D eigenvalue weighted by molar-refractivity contribution is 0.623. The summed E-state index contributed by atoms with van der Waals surface area (Å²) in [4.78, 5) is 4.74.